The van der Waals surface area contributed by atoms with Crippen molar-refractivity contribution in [3.05, 3.63) is 35.7 Å². The van der Waals surface area contributed by atoms with Gasteiger partial charge in [-0.15, -0.1) is 0 Å². The Kier molecular flexibility index (Phi) is 4.18. The summed E-state index contributed by atoms with van der Waals surface area (Å²) in [6, 6.07) is 7.67. The van der Waals surface area contributed by atoms with Gasteiger partial charge in [0, 0.05) is 35.5 Å². The monoisotopic (exact) mass is 318 g/mol. The number of H-pyrrole nitrogens is 2. The lowest BCUT2D eigenvalue weighted by Crippen LogP contribution is -1.99. The van der Waals surface area contributed by atoms with E-state index in [9.17, 15) is 9.59 Å². The second kappa shape index (κ2) is 6.25. The molecule has 3 rings (SSSR count). The Morgan fingerprint density at radius 2 is 1.90 bits per heavy atom. The summed E-state index contributed by atoms with van der Waals surface area (Å²) in [5.41, 5.74) is 5.26. The van der Waals surface area contributed by atoms with Crippen molar-refractivity contribution in [2.45, 2.75) is 6.42 Å². The molecule has 2 unspecified atom stereocenters. The van der Waals surface area contributed by atoms with Gasteiger partial charge in [-0.2, -0.15) is 0 Å². The summed E-state index contributed by atoms with van der Waals surface area (Å²) in [5, 5.41) is 0. The van der Waals surface area contributed by atoms with Crippen molar-refractivity contribution in [2.24, 2.45) is 0 Å². The summed E-state index contributed by atoms with van der Waals surface area (Å²) < 4.78 is 0. The molecule has 2 heterocycles. The van der Waals surface area contributed by atoms with E-state index in [0.717, 1.165) is 34.3 Å². The van der Waals surface area contributed by atoms with Crippen molar-refractivity contribution >= 4 is 51.4 Å². The summed E-state index contributed by atoms with van der Waals surface area (Å²) >= 11 is 0. The Labute approximate surface area is 123 Å². The Hall–Kier alpha value is -1.90. The fraction of sp³-hybridized carbons (Fsp3) is 0.0769. The van der Waals surface area contributed by atoms with E-state index >= 15 is 0 Å². The second-order valence-corrected chi connectivity index (χ2v) is 6.39. The van der Waals surface area contributed by atoms with Gasteiger partial charge in [-0.3, -0.25) is 9.59 Å². The summed E-state index contributed by atoms with van der Waals surface area (Å²) in [5.74, 6) is 0. The number of carbonyl (C=O) groups is 2. The minimum Gasteiger partial charge on any atom is -0.342 e. The molecule has 2 aromatic heterocycles. The number of aromatic amines is 2. The summed E-state index contributed by atoms with van der Waals surface area (Å²) in [6.45, 7) is 0. The number of aromatic nitrogens is 4. The first kappa shape index (κ1) is 14.1. The highest BCUT2D eigenvalue weighted by Gasteiger charge is 2.06. The molecule has 106 valence electrons. The third-order valence-corrected chi connectivity index (χ3v) is 4.23. The number of rotatable bonds is 6. The van der Waals surface area contributed by atoms with Crippen molar-refractivity contribution in [3.8, 4) is 0 Å². The van der Waals surface area contributed by atoms with Crippen LogP contribution in [0, 0.1) is 0 Å². The van der Waals surface area contributed by atoms with Crippen molar-refractivity contribution in [3.63, 3.8) is 0 Å². The third-order valence-electron chi connectivity index (χ3n) is 2.96. The Balaban J connectivity index is 1.82. The lowest BCUT2D eigenvalue weighted by molar-refractivity contribution is 0.569. The molecule has 0 saturated carbocycles. The zero-order valence-electron chi connectivity index (χ0n) is 10.9. The summed E-state index contributed by atoms with van der Waals surface area (Å²) in [6.07, 6.45) is 2.46. The molecule has 0 aliphatic heterocycles. The number of carbonyl (C=O) groups excluding carboxylic acids is 2. The predicted molar refractivity (Wildman–Crippen MR) is 86.9 cm³/mol. The van der Waals surface area contributed by atoms with Crippen molar-refractivity contribution < 1.29 is 9.59 Å². The van der Waals surface area contributed by atoms with Gasteiger partial charge in [-0.1, -0.05) is 6.07 Å². The molecule has 2 N–H and O–H groups in total. The van der Waals surface area contributed by atoms with Gasteiger partial charge in [-0.05, 0) is 17.7 Å². The molecule has 0 bridgehead atoms. The van der Waals surface area contributed by atoms with Crippen LogP contribution >= 0.6 is 17.2 Å². The molecule has 0 amide bonds. The number of nitrogens with one attached hydrogen (secondary N) is 2. The topological polar surface area (TPSA) is 91.5 Å². The summed E-state index contributed by atoms with van der Waals surface area (Å²) in [7, 11) is 0.109. The molecule has 0 spiro atoms. The Morgan fingerprint density at radius 3 is 2.71 bits per heavy atom. The van der Waals surface area contributed by atoms with Crippen LogP contribution in [0.1, 0.15) is 11.3 Å². The average Bonchev–Trinajstić information content (AvgIpc) is 3.06. The molecular weight excluding hydrogens is 306 g/mol. The van der Waals surface area contributed by atoms with Crippen LogP contribution in [-0.4, -0.2) is 32.0 Å². The van der Waals surface area contributed by atoms with Crippen LogP contribution in [0.4, 0.5) is 0 Å². The van der Waals surface area contributed by atoms with Crippen LogP contribution in [0.3, 0.4) is 0 Å². The van der Waals surface area contributed by atoms with E-state index in [1.807, 2.05) is 18.2 Å². The number of fused-ring (bicyclic) bond motifs is 1. The minimum atomic E-state index is 0.0482. The van der Waals surface area contributed by atoms with Gasteiger partial charge >= 0.3 is 0 Å². The van der Waals surface area contributed by atoms with Crippen molar-refractivity contribution in [1.29, 1.82) is 0 Å². The van der Waals surface area contributed by atoms with E-state index in [2.05, 4.69) is 19.9 Å². The van der Waals surface area contributed by atoms with Gasteiger partial charge in [-0.25, -0.2) is 9.97 Å². The fourth-order valence-electron chi connectivity index (χ4n) is 2.09. The maximum Gasteiger partial charge on any atom is 0.146 e. The minimum absolute atomic E-state index is 0.0482. The van der Waals surface area contributed by atoms with Crippen molar-refractivity contribution in [1.82, 2.24) is 19.9 Å². The molecule has 6 nitrogen and oxygen atoms in total. The van der Waals surface area contributed by atoms with Gasteiger partial charge in [0.25, 0.3) is 0 Å². The van der Waals surface area contributed by atoms with Crippen LogP contribution in [0.25, 0.3) is 11.0 Å². The molecule has 0 aliphatic rings. The van der Waals surface area contributed by atoms with Gasteiger partial charge < -0.3 is 9.97 Å². The zero-order chi connectivity index (χ0) is 14.7. The number of benzene rings is 1. The first-order valence-corrected chi connectivity index (χ1v) is 8.37. The first-order chi connectivity index (χ1) is 10.3. The quantitative estimate of drug-likeness (QED) is 0.521. The molecule has 21 heavy (non-hydrogen) atoms. The molecule has 0 fully saturated rings. The normalized spacial score (nSPS) is 12.0. The largest absolute Gasteiger partial charge is 0.342 e. The smallest absolute Gasteiger partial charge is 0.146 e. The fourth-order valence-corrected chi connectivity index (χ4v) is 3.08. The van der Waals surface area contributed by atoms with Crippen LogP contribution in [0.15, 0.2) is 24.4 Å². The molecule has 0 aliphatic carbocycles. The van der Waals surface area contributed by atoms with E-state index in [1.165, 1.54) is 0 Å². The maximum atomic E-state index is 10.5. The van der Waals surface area contributed by atoms with Crippen LogP contribution < -0.4 is 11.1 Å². The molecule has 0 saturated heterocycles. The van der Waals surface area contributed by atoms with E-state index in [4.69, 9.17) is 0 Å². The maximum absolute atomic E-state index is 10.5. The van der Waals surface area contributed by atoms with E-state index in [0.29, 0.717) is 17.6 Å². The first-order valence-electron chi connectivity index (χ1n) is 6.21. The average molecular weight is 318 g/mol. The SMILES string of the molecule is O=CPc1ncc(Cc2ccc3nc(PC=O)[nH]c3c2)[nH]1. The van der Waals surface area contributed by atoms with E-state index in [1.54, 1.807) is 6.20 Å². The molecule has 3 aromatic rings. The molecule has 1 aromatic carbocycles. The molecule has 2 atom stereocenters. The van der Waals surface area contributed by atoms with Crippen LogP contribution in [-0.2, 0) is 16.0 Å². The van der Waals surface area contributed by atoms with Gasteiger partial charge in [0.2, 0.25) is 0 Å². The molecule has 0 radical (unpaired) electrons. The molecular formula is C13H12N4O2P2. The lowest BCUT2D eigenvalue weighted by atomic mass is 10.1. The van der Waals surface area contributed by atoms with Gasteiger partial charge in [0.1, 0.15) is 23.2 Å². The van der Waals surface area contributed by atoms with E-state index < -0.39 is 0 Å². The second-order valence-electron chi connectivity index (χ2n) is 4.40. The predicted octanol–water partition coefficient (Wildman–Crippen LogP) is 0.865. The van der Waals surface area contributed by atoms with Crippen LogP contribution in [0.2, 0.25) is 0 Å². The number of imidazole rings is 2. The van der Waals surface area contributed by atoms with Gasteiger partial charge in [0.05, 0.1) is 11.0 Å². The Morgan fingerprint density at radius 1 is 1.10 bits per heavy atom. The highest BCUT2D eigenvalue weighted by molar-refractivity contribution is 7.62. The van der Waals surface area contributed by atoms with Crippen molar-refractivity contribution in [2.75, 3.05) is 0 Å². The zero-order valence-corrected chi connectivity index (χ0v) is 12.9. The Bertz CT molecular complexity index is 796. The third kappa shape index (κ3) is 3.23. The summed E-state index contributed by atoms with van der Waals surface area (Å²) in [4.78, 5) is 35.8. The van der Waals surface area contributed by atoms with Crippen LogP contribution in [0.5, 0.6) is 0 Å². The highest BCUT2D eigenvalue weighted by atomic mass is 31.1. The standard InChI is InChI=1S/C13H12N4O2P2/c18-6-20-12-14-5-9(15-12)3-8-1-2-10-11(4-8)17-13(16-10)21-7-19/h1-2,4-7,20-21H,3H2,(H,14,15)(H,16,17). The lowest BCUT2D eigenvalue weighted by Gasteiger charge is -1.98. The number of hydrogen-bond acceptors (Lipinski definition) is 4. The molecule has 8 heteroatoms. The van der Waals surface area contributed by atoms with Gasteiger partial charge in [0.15, 0.2) is 0 Å². The number of nitrogens with zero attached hydrogens (tertiary/aromatic N) is 2. The van der Waals surface area contributed by atoms with E-state index in [-0.39, 0.29) is 17.2 Å². The highest BCUT2D eigenvalue weighted by Crippen LogP contribution is 2.16. The number of hydrogen-bond donors (Lipinski definition) is 2.